The molecule has 0 radical (unpaired) electrons. The summed E-state index contributed by atoms with van der Waals surface area (Å²) in [5.41, 5.74) is -0.478. The van der Waals surface area contributed by atoms with E-state index in [2.05, 4.69) is 5.32 Å². The largest absolute Gasteiger partial charge is 0.508 e. The highest BCUT2D eigenvalue weighted by Gasteiger charge is 2.34. The summed E-state index contributed by atoms with van der Waals surface area (Å²) in [5, 5.41) is 31.9. The maximum absolute atomic E-state index is 13.8. The first-order valence-electron chi connectivity index (χ1n) is 10.7. The Hall–Kier alpha value is -4.78. The minimum absolute atomic E-state index is 0.0405. The third-order valence-corrected chi connectivity index (χ3v) is 5.35. The van der Waals surface area contributed by atoms with Crippen molar-refractivity contribution >= 4 is 29.2 Å². The second-order valence-electron chi connectivity index (χ2n) is 7.97. The second-order valence-corrected chi connectivity index (χ2v) is 7.97. The first kappa shape index (κ1) is 27.8. The number of rotatable bonds is 8. The molecule has 0 aliphatic rings. The third-order valence-electron chi connectivity index (χ3n) is 5.35. The van der Waals surface area contributed by atoms with E-state index in [0.717, 1.165) is 24.3 Å². The number of nitro groups is 1. The fourth-order valence-corrected chi connectivity index (χ4v) is 3.45. The van der Waals surface area contributed by atoms with Gasteiger partial charge in [0.25, 0.3) is 17.5 Å². The molecule has 198 valence electrons. The topological polar surface area (TPSA) is 142 Å². The number of carbonyl (C=O) groups excluding carboxylic acids is 2. The Labute approximate surface area is 212 Å². The Bertz CT molecular complexity index is 1370. The highest BCUT2D eigenvalue weighted by Crippen LogP contribution is 2.33. The van der Waals surface area contributed by atoms with E-state index in [-0.39, 0.29) is 34.6 Å². The van der Waals surface area contributed by atoms with Gasteiger partial charge in [-0.1, -0.05) is 18.2 Å². The molecule has 13 heteroatoms. The average molecular weight is 533 g/mol. The first-order valence-corrected chi connectivity index (χ1v) is 10.7. The molecule has 4 N–H and O–H groups in total. The smallest absolute Gasteiger partial charge is 0.419 e. The van der Waals surface area contributed by atoms with E-state index >= 15 is 0 Å². The highest BCUT2D eigenvalue weighted by atomic mass is 19.4. The molecule has 38 heavy (non-hydrogen) atoms. The van der Waals surface area contributed by atoms with Crippen molar-refractivity contribution in [1.82, 2.24) is 10.8 Å². The van der Waals surface area contributed by atoms with E-state index in [0.29, 0.717) is 17.7 Å². The van der Waals surface area contributed by atoms with Crippen molar-refractivity contribution in [2.45, 2.75) is 18.6 Å². The molecule has 0 heterocycles. The fourth-order valence-electron chi connectivity index (χ4n) is 3.45. The van der Waals surface area contributed by atoms with Crippen molar-refractivity contribution in [3.8, 4) is 5.75 Å². The number of nitro benzene ring substituents is 1. The number of phenolic OH excluding ortho intramolecular Hbond substituents is 1. The quantitative estimate of drug-likeness (QED) is 0.0853. The standard InChI is InChI=1S/C25H19F4N3O6/c26-21-10-3-15(12-20(21)25(27,28)29)11-19(16-4-6-17(7-5-16)32(37)38)23(34)30-22(24(35)31-36)13-14-1-8-18(33)9-2-14/h1-12,22,33,36H,13H2,(H,30,34)(H,31,35). The molecule has 0 fully saturated rings. The molecule has 0 aliphatic heterocycles. The number of aromatic hydroxyl groups is 1. The zero-order valence-corrected chi connectivity index (χ0v) is 19.2. The molecule has 0 saturated carbocycles. The molecule has 1 unspecified atom stereocenters. The number of hydrogen-bond acceptors (Lipinski definition) is 6. The van der Waals surface area contributed by atoms with Crippen LogP contribution in [-0.2, 0) is 22.2 Å². The molecule has 0 aliphatic carbocycles. The predicted octanol–water partition coefficient (Wildman–Crippen LogP) is 4.23. The van der Waals surface area contributed by atoms with Gasteiger partial charge in [-0.05, 0) is 59.2 Å². The summed E-state index contributed by atoms with van der Waals surface area (Å²) in [6, 6.07) is 10.8. The van der Waals surface area contributed by atoms with E-state index in [1.54, 1.807) is 0 Å². The van der Waals surface area contributed by atoms with Crippen molar-refractivity contribution in [2.75, 3.05) is 0 Å². The number of halogens is 4. The Kier molecular flexibility index (Phi) is 8.43. The number of nitrogens with zero attached hydrogens (tertiary/aromatic N) is 1. The van der Waals surface area contributed by atoms with Crippen LogP contribution in [0, 0.1) is 15.9 Å². The van der Waals surface area contributed by atoms with E-state index < -0.39 is 40.3 Å². The Morgan fingerprint density at radius 1 is 1.03 bits per heavy atom. The van der Waals surface area contributed by atoms with Gasteiger partial charge >= 0.3 is 6.18 Å². The summed E-state index contributed by atoms with van der Waals surface area (Å²) < 4.78 is 53.4. The Morgan fingerprint density at radius 3 is 2.21 bits per heavy atom. The Balaban J connectivity index is 2.04. The minimum Gasteiger partial charge on any atom is -0.508 e. The van der Waals surface area contributed by atoms with E-state index in [1.807, 2.05) is 0 Å². The first-order chi connectivity index (χ1) is 17.9. The van der Waals surface area contributed by atoms with Gasteiger partial charge in [0.1, 0.15) is 17.6 Å². The highest BCUT2D eigenvalue weighted by molar-refractivity contribution is 6.24. The number of hydroxylamine groups is 1. The van der Waals surface area contributed by atoms with Crippen LogP contribution in [0.5, 0.6) is 5.75 Å². The number of nitrogens with one attached hydrogen (secondary N) is 2. The maximum Gasteiger partial charge on any atom is 0.419 e. The lowest BCUT2D eigenvalue weighted by molar-refractivity contribution is -0.384. The average Bonchev–Trinajstić information content (AvgIpc) is 2.87. The molecule has 1 atom stereocenters. The third kappa shape index (κ3) is 6.91. The van der Waals surface area contributed by atoms with Crippen LogP contribution in [0.15, 0.2) is 66.7 Å². The van der Waals surface area contributed by atoms with E-state index in [4.69, 9.17) is 5.21 Å². The van der Waals surface area contributed by atoms with Crippen LogP contribution in [0.4, 0.5) is 23.2 Å². The molecular formula is C25H19F4N3O6. The van der Waals surface area contributed by atoms with E-state index in [9.17, 15) is 42.4 Å². The fraction of sp³-hybridized carbons (Fsp3) is 0.120. The van der Waals surface area contributed by atoms with Crippen molar-refractivity contribution in [3.05, 3.63) is 105 Å². The number of alkyl halides is 3. The molecule has 3 aromatic rings. The lowest BCUT2D eigenvalue weighted by Crippen LogP contribution is -2.47. The van der Waals surface area contributed by atoms with Crippen molar-refractivity contribution in [2.24, 2.45) is 0 Å². The van der Waals surface area contributed by atoms with Crippen LogP contribution in [0.3, 0.4) is 0 Å². The number of phenols is 1. The summed E-state index contributed by atoms with van der Waals surface area (Å²) in [4.78, 5) is 35.9. The molecule has 0 aromatic heterocycles. The molecule has 2 amide bonds. The zero-order valence-electron chi connectivity index (χ0n) is 19.2. The van der Waals surface area contributed by atoms with Gasteiger partial charge in [-0.2, -0.15) is 13.2 Å². The Morgan fingerprint density at radius 2 is 1.66 bits per heavy atom. The van der Waals surface area contributed by atoms with Crippen molar-refractivity contribution < 1.29 is 42.4 Å². The lowest BCUT2D eigenvalue weighted by atomic mass is 9.99. The summed E-state index contributed by atoms with van der Waals surface area (Å²) in [5.74, 6) is -3.58. The molecule has 0 spiro atoms. The number of non-ortho nitro benzene ring substituents is 1. The summed E-state index contributed by atoms with van der Waals surface area (Å²) in [7, 11) is 0. The van der Waals surface area contributed by atoms with Crippen LogP contribution in [0.2, 0.25) is 0 Å². The number of amides is 2. The molecule has 0 bridgehead atoms. The van der Waals surface area contributed by atoms with Gasteiger partial charge in [-0.15, -0.1) is 0 Å². The summed E-state index contributed by atoms with van der Waals surface area (Å²) in [6.07, 6.45) is -4.17. The number of carbonyl (C=O) groups is 2. The van der Waals surface area contributed by atoms with Crippen LogP contribution in [0.1, 0.15) is 22.3 Å². The van der Waals surface area contributed by atoms with Gasteiger partial charge in [0.2, 0.25) is 0 Å². The van der Waals surface area contributed by atoms with Gasteiger partial charge in [-0.25, -0.2) is 9.87 Å². The zero-order chi connectivity index (χ0) is 28.0. The van der Waals surface area contributed by atoms with E-state index in [1.165, 1.54) is 41.9 Å². The van der Waals surface area contributed by atoms with Crippen LogP contribution in [-0.4, -0.2) is 33.1 Å². The SMILES string of the molecule is O=C(NC(Cc1ccc(O)cc1)C(=O)NO)C(=Cc1ccc(F)c(C(F)(F)F)c1)c1ccc([N+](=O)[O-])cc1. The van der Waals surface area contributed by atoms with Gasteiger partial charge in [0, 0.05) is 24.1 Å². The predicted molar refractivity (Wildman–Crippen MR) is 126 cm³/mol. The molecule has 3 rings (SSSR count). The van der Waals surface area contributed by atoms with Crippen molar-refractivity contribution in [3.63, 3.8) is 0 Å². The lowest BCUT2D eigenvalue weighted by Gasteiger charge is -2.18. The number of benzene rings is 3. The minimum atomic E-state index is -5.02. The van der Waals surface area contributed by atoms with Crippen molar-refractivity contribution in [1.29, 1.82) is 0 Å². The summed E-state index contributed by atoms with van der Waals surface area (Å²) >= 11 is 0. The molecular weight excluding hydrogens is 514 g/mol. The van der Waals surface area contributed by atoms with Crippen LogP contribution in [0.25, 0.3) is 11.6 Å². The number of hydrogen-bond donors (Lipinski definition) is 4. The molecule has 9 nitrogen and oxygen atoms in total. The van der Waals surface area contributed by atoms with Crippen LogP contribution >= 0.6 is 0 Å². The summed E-state index contributed by atoms with van der Waals surface area (Å²) in [6.45, 7) is 0. The normalized spacial score (nSPS) is 12.5. The molecule has 3 aromatic carbocycles. The molecule has 0 saturated heterocycles. The monoisotopic (exact) mass is 533 g/mol. The van der Waals surface area contributed by atoms with Crippen LogP contribution < -0.4 is 10.8 Å². The van der Waals surface area contributed by atoms with Gasteiger partial charge in [0.05, 0.1) is 10.5 Å². The maximum atomic E-state index is 13.8. The van der Waals surface area contributed by atoms with Gasteiger partial charge in [0.15, 0.2) is 0 Å². The van der Waals surface area contributed by atoms with Gasteiger partial charge in [-0.3, -0.25) is 24.9 Å². The van der Waals surface area contributed by atoms with Gasteiger partial charge < -0.3 is 10.4 Å². The second kappa shape index (κ2) is 11.5.